The van der Waals surface area contributed by atoms with Gasteiger partial charge in [-0.1, -0.05) is 77.8 Å². The van der Waals surface area contributed by atoms with Crippen molar-refractivity contribution in [3.8, 4) is 11.3 Å². The number of halogens is 2. The summed E-state index contributed by atoms with van der Waals surface area (Å²) in [5.41, 5.74) is 4.11. The van der Waals surface area contributed by atoms with Crippen LogP contribution in [-0.4, -0.2) is 27.2 Å². The number of aromatic nitrogens is 1. The molecule has 1 amide bonds. The average Bonchev–Trinajstić information content (AvgIpc) is 3.33. The predicted octanol–water partition coefficient (Wildman–Crippen LogP) is 6.76. The van der Waals surface area contributed by atoms with Gasteiger partial charge in [-0.25, -0.2) is 0 Å². The lowest BCUT2D eigenvalue weighted by atomic mass is 10.1. The topological polar surface area (TPSA) is 73.4 Å². The first-order valence-electron chi connectivity index (χ1n) is 10.3. The van der Waals surface area contributed by atoms with Gasteiger partial charge in [-0.05, 0) is 23.8 Å². The molecule has 33 heavy (non-hydrogen) atoms. The first-order valence-corrected chi connectivity index (χ1v) is 12.0. The van der Waals surface area contributed by atoms with Crippen LogP contribution in [0.3, 0.4) is 0 Å². The number of fused-ring (bicyclic) bond motifs is 1. The molecular formula is C25H18Cl2N2O3S. The van der Waals surface area contributed by atoms with E-state index in [2.05, 4.69) is 4.98 Å². The molecular weight excluding hydrogens is 479 g/mol. The number of hydrogen-bond acceptors (Lipinski definition) is 3. The van der Waals surface area contributed by atoms with E-state index in [-0.39, 0.29) is 12.3 Å². The van der Waals surface area contributed by atoms with E-state index >= 15 is 0 Å². The summed E-state index contributed by atoms with van der Waals surface area (Å²) in [5, 5.41) is 9.92. The summed E-state index contributed by atoms with van der Waals surface area (Å²) in [4.78, 5) is 30.3. The van der Waals surface area contributed by atoms with Crippen molar-refractivity contribution in [2.75, 3.05) is 4.90 Å². The molecule has 1 saturated heterocycles. The maximum absolute atomic E-state index is 13.7. The van der Waals surface area contributed by atoms with E-state index in [1.165, 1.54) is 11.8 Å². The number of aromatic amines is 1. The van der Waals surface area contributed by atoms with E-state index in [4.69, 9.17) is 23.2 Å². The zero-order valence-electron chi connectivity index (χ0n) is 17.2. The molecule has 0 saturated carbocycles. The molecule has 166 valence electrons. The van der Waals surface area contributed by atoms with Crippen LogP contribution in [0, 0.1) is 0 Å². The minimum absolute atomic E-state index is 0.250. The molecule has 2 N–H and O–H groups in total. The number of hydrogen-bond donors (Lipinski definition) is 2. The van der Waals surface area contributed by atoms with Gasteiger partial charge in [-0.2, -0.15) is 0 Å². The molecule has 0 aliphatic carbocycles. The van der Waals surface area contributed by atoms with Gasteiger partial charge in [0.1, 0.15) is 5.37 Å². The van der Waals surface area contributed by atoms with Crippen molar-refractivity contribution >= 4 is 63.4 Å². The summed E-state index contributed by atoms with van der Waals surface area (Å²) in [7, 11) is 0. The fourth-order valence-corrected chi connectivity index (χ4v) is 5.87. The number of carboxylic acid groups (broad SMARTS) is 1. The molecule has 2 heterocycles. The third-order valence-electron chi connectivity index (χ3n) is 5.61. The van der Waals surface area contributed by atoms with Crippen molar-refractivity contribution in [1.29, 1.82) is 0 Å². The van der Waals surface area contributed by atoms with E-state index in [1.807, 2.05) is 60.7 Å². The Hall–Kier alpha value is -2.93. The van der Waals surface area contributed by atoms with Crippen LogP contribution < -0.4 is 4.90 Å². The second-order valence-electron chi connectivity index (χ2n) is 7.72. The van der Waals surface area contributed by atoms with Crippen molar-refractivity contribution in [3.05, 3.63) is 88.4 Å². The number of carboxylic acids is 1. The van der Waals surface area contributed by atoms with Crippen molar-refractivity contribution in [2.45, 2.75) is 17.0 Å². The Kier molecular flexibility index (Phi) is 5.83. The van der Waals surface area contributed by atoms with Crippen molar-refractivity contribution in [3.63, 3.8) is 0 Å². The molecule has 4 aromatic rings. The predicted molar refractivity (Wildman–Crippen MR) is 134 cm³/mol. The highest BCUT2D eigenvalue weighted by Gasteiger charge is 2.44. The number of rotatable bonds is 5. The Morgan fingerprint density at radius 1 is 1.00 bits per heavy atom. The van der Waals surface area contributed by atoms with Crippen LogP contribution in [0.4, 0.5) is 5.69 Å². The van der Waals surface area contributed by atoms with Gasteiger partial charge in [0.2, 0.25) is 5.91 Å². The van der Waals surface area contributed by atoms with Gasteiger partial charge in [0.05, 0.1) is 33.1 Å². The number of aliphatic carboxylic acids is 1. The molecule has 5 rings (SSSR count). The van der Waals surface area contributed by atoms with E-state index in [9.17, 15) is 14.7 Å². The summed E-state index contributed by atoms with van der Waals surface area (Å²) < 4.78 is 0. The van der Waals surface area contributed by atoms with E-state index in [0.29, 0.717) is 10.0 Å². The number of H-pyrrole nitrogens is 1. The largest absolute Gasteiger partial charge is 0.481 e. The van der Waals surface area contributed by atoms with E-state index in [0.717, 1.165) is 33.4 Å². The number of amides is 1. The van der Waals surface area contributed by atoms with E-state index < -0.39 is 16.6 Å². The van der Waals surface area contributed by atoms with Gasteiger partial charge in [-0.3, -0.25) is 14.5 Å². The fraction of sp³-hybridized carbons (Fsp3) is 0.120. The lowest BCUT2D eigenvalue weighted by Crippen LogP contribution is -2.32. The molecule has 5 nitrogen and oxygen atoms in total. The standard InChI is InChI=1S/C25H18Cl2N2O3S/c26-17-11-10-15(12-18(17)27)25-29(24(32)20(33-25)13-21(30)31)23-16-8-4-5-9-19(16)28-22(23)14-6-2-1-3-7-14/h1-12,20,25,28H,13H2,(H,30,31). The number of anilines is 1. The van der Waals surface area contributed by atoms with Crippen molar-refractivity contribution in [2.24, 2.45) is 0 Å². The Morgan fingerprint density at radius 2 is 1.73 bits per heavy atom. The second kappa shape index (κ2) is 8.78. The summed E-state index contributed by atoms with van der Waals surface area (Å²) in [6.07, 6.45) is -0.263. The van der Waals surface area contributed by atoms with Crippen LogP contribution in [0.15, 0.2) is 72.8 Å². The highest BCUT2D eigenvalue weighted by atomic mass is 35.5. The highest BCUT2D eigenvalue weighted by Crippen LogP contribution is 2.51. The summed E-state index contributed by atoms with van der Waals surface area (Å²) in [6.45, 7) is 0. The number of benzene rings is 3. The molecule has 1 aliphatic rings. The third-order valence-corrected chi connectivity index (χ3v) is 7.79. The fourth-order valence-electron chi connectivity index (χ4n) is 4.15. The first kappa shape index (κ1) is 21.9. The summed E-state index contributed by atoms with van der Waals surface area (Å²) >= 11 is 13.7. The Labute approximate surface area is 204 Å². The van der Waals surface area contributed by atoms with Crippen LogP contribution in [0.5, 0.6) is 0 Å². The van der Waals surface area contributed by atoms with Gasteiger partial charge >= 0.3 is 5.97 Å². The van der Waals surface area contributed by atoms with Crippen LogP contribution in [0.2, 0.25) is 10.0 Å². The third kappa shape index (κ3) is 3.99. The maximum atomic E-state index is 13.7. The normalized spacial score (nSPS) is 18.2. The molecule has 2 atom stereocenters. The Bertz CT molecular complexity index is 1370. The number of carbonyl (C=O) groups is 2. The van der Waals surface area contributed by atoms with Crippen molar-refractivity contribution < 1.29 is 14.7 Å². The molecule has 0 radical (unpaired) electrons. The quantitative estimate of drug-likeness (QED) is 0.319. The van der Waals surface area contributed by atoms with Gasteiger partial charge < -0.3 is 10.1 Å². The van der Waals surface area contributed by atoms with Crippen molar-refractivity contribution in [1.82, 2.24) is 4.98 Å². The molecule has 1 fully saturated rings. The monoisotopic (exact) mass is 496 g/mol. The van der Waals surface area contributed by atoms with Gasteiger partial charge in [0.25, 0.3) is 0 Å². The van der Waals surface area contributed by atoms with Crippen LogP contribution >= 0.6 is 35.0 Å². The number of para-hydroxylation sites is 1. The van der Waals surface area contributed by atoms with Gasteiger partial charge in [0, 0.05) is 16.5 Å². The van der Waals surface area contributed by atoms with Gasteiger partial charge in [-0.15, -0.1) is 11.8 Å². The van der Waals surface area contributed by atoms with E-state index in [1.54, 1.807) is 17.0 Å². The maximum Gasteiger partial charge on any atom is 0.305 e. The molecule has 0 bridgehead atoms. The molecule has 2 unspecified atom stereocenters. The smallest absolute Gasteiger partial charge is 0.305 e. The van der Waals surface area contributed by atoms with Crippen LogP contribution in [-0.2, 0) is 9.59 Å². The lowest BCUT2D eigenvalue weighted by Gasteiger charge is -2.25. The minimum atomic E-state index is -1.02. The number of nitrogens with zero attached hydrogens (tertiary/aromatic N) is 1. The molecule has 0 spiro atoms. The van der Waals surface area contributed by atoms with Crippen LogP contribution in [0.25, 0.3) is 22.2 Å². The Balaban J connectivity index is 1.73. The average molecular weight is 497 g/mol. The second-order valence-corrected chi connectivity index (χ2v) is 9.82. The number of carbonyl (C=O) groups excluding carboxylic acids is 1. The SMILES string of the molecule is O=C(O)CC1SC(c2ccc(Cl)c(Cl)c2)N(c2c(-c3ccccc3)[nH]c3ccccc23)C1=O. The lowest BCUT2D eigenvalue weighted by molar-refractivity contribution is -0.138. The molecule has 8 heteroatoms. The highest BCUT2D eigenvalue weighted by molar-refractivity contribution is 8.01. The first-order chi connectivity index (χ1) is 15.9. The zero-order chi connectivity index (χ0) is 23.1. The van der Waals surface area contributed by atoms with Crippen LogP contribution in [0.1, 0.15) is 17.4 Å². The molecule has 3 aromatic carbocycles. The molecule has 1 aliphatic heterocycles. The Morgan fingerprint density at radius 3 is 2.45 bits per heavy atom. The zero-order valence-corrected chi connectivity index (χ0v) is 19.5. The number of thioether (sulfide) groups is 1. The number of nitrogens with one attached hydrogen (secondary N) is 1. The van der Waals surface area contributed by atoms with Gasteiger partial charge in [0.15, 0.2) is 0 Å². The summed E-state index contributed by atoms with van der Waals surface area (Å²) in [5.74, 6) is -1.27. The summed E-state index contributed by atoms with van der Waals surface area (Å²) in [6, 6.07) is 22.8. The minimum Gasteiger partial charge on any atom is -0.481 e. The molecule has 1 aromatic heterocycles.